The van der Waals surface area contributed by atoms with E-state index >= 15 is 0 Å². The molecule has 0 aliphatic rings. The molecule has 10 heteroatoms. The standard InChI is InChI=1S/C53H106NO8.BrH/c1-5-7-9-11-13-15-17-19-21-23-25-27-29-31-33-35-39-61-52-53(62-40-36-34-32-30-28-26-24-22-20-18-16-14-12-10-8-6-2)51-54(3,4)37-41-56-43-45-58-47-49-60-50-48-59-46-44-57-42-38-55;/h19-22,53,55H,5-18,23-52H2,1-4H3;1H/q+1;/p-1/b21-19-,22-20-;. The van der Waals surface area contributed by atoms with Crippen LogP contribution in [0.2, 0.25) is 0 Å². The van der Waals surface area contributed by atoms with E-state index in [1.165, 1.54) is 167 Å². The molecule has 1 unspecified atom stereocenters. The minimum absolute atomic E-state index is 0. The van der Waals surface area contributed by atoms with Crippen LogP contribution in [0.3, 0.4) is 0 Å². The summed E-state index contributed by atoms with van der Waals surface area (Å²) in [7, 11) is 4.54. The average Bonchev–Trinajstić information content (AvgIpc) is 3.26. The minimum Gasteiger partial charge on any atom is -1.00 e. The van der Waals surface area contributed by atoms with Gasteiger partial charge in [-0.1, -0.05) is 154 Å². The van der Waals surface area contributed by atoms with Gasteiger partial charge in [-0.05, 0) is 64.2 Å². The Labute approximate surface area is 401 Å². The Bertz CT molecular complexity index is 895. The maximum Gasteiger partial charge on any atom is 0.130 e. The fourth-order valence-corrected chi connectivity index (χ4v) is 7.42. The molecule has 1 atom stereocenters. The van der Waals surface area contributed by atoms with Gasteiger partial charge in [-0.2, -0.15) is 0 Å². The summed E-state index contributed by atoms with van der Waals surface area (Å²) >= 11 is 0. The number of ether oxygens (including phenoxy) is 7. The third-order valence-corrected chi connectivity index (χ3v) is 11.4. The van der Waals surface area contributed by atoms with Gasteiger partial charge in [-0.25, -0.2) is 0 Å². The van der Waals surface area contributed by atoms with Gasteiger partial charge in [-0.15, -0.1) is 0 Å². The molecule has 9 nitrogen and oxygen atoms in total. The van der Waals surface area contributed by atoms with E-state index in [4.69, 9.17) is 38.3 Å². The number of likely N-dealkylation sites (N-methyl/N-ethyl adjacent to an activating group) is 1. The quantitative estimate of drug-likeness (QED) is 0.0367. The first kappa shape index (κ1) is 64.7. The summed E-state index contributed by atoms with van der Waals surface area (Å²) in [6.07, 6.45) is 46.7. The molecule has 0 fully saturated rings. The van der Waals surface area contributed by atoms with Crippen LogP contribution in [0.4, 0.5) is 0 Å². The number of aliphatic hydroxyl groups is 1. The molecule has 0 spiro atoms. The van der Waals surface area contributed by atoms with Gasteiger partial charge in [0.2, 0.25) is 0 Å². The van der Waals surface area contributed by atoms with Crippen molar-refractivity contribution in [1.29, 1.82) is 0 Å². The van der Waals surface area contributed by atoms with Gasteiger partial charge >= 0.3 is 0 Å². The van der Waals surface area contributed by atoms with Gasteiger partial charge in [0.15, 0.2) is 0 Å². The second-order valence-electron chi connectivity index (χ2n) is 18.1. The van der Waals surface area contributed by atoms with Crippen molar-refractivity contribution in [3.05, 3.63) is 24.3 Å². The predicted octanol–water partition coefficient (Wildman–Crippen LogP) is 9.62. The number of unbranched alkanes of at least 4 members (excludes halogenated alkanes) is 24. The molecule has 0 saturated carbocycles. The first-order chi connectivity index (χ1) is 30.6. The lowest BCUT2D eigenvalue weighted by Crippen LogP contribution is -3.00. The molecule has 378 valence electrons. The summed E-state index contributed by atoms with van der Waals surface area (Å²) in [5, 5.41) is 8.70. The van der Waals surface area contributed by atoms with Crippen LogP contribution in [-0.2, 0) is 33.2 Å². The van der Waals surface area contributed by atoms with Crippen molar-refractivity contribution in [2.45, 2.75) is 200 Å². The molecule has 0 aromatic carbocycles. The molecule has 0 radical (unpaired) electrons. The summed E-state index contributed by atoms with van der Waals surface area (Å²) in [5.41, 5.74) is 0. The van der Waals surface area contributed by atoms with Crippen LogP contribution in [0.25, 0.3) is 0 Å². The van der Waals surface area contributed by atoms with E-state index in [1.54, 1.807) is 0 Å². The number of hydrogen-bond acceptors (Lipinski definition) is 8. The van der Waals surface area contributed by atoms with Crippen molar-refractivity contribution in [3.8, 4) is 0 Å². The lowest BCUT2D eigenvalue weighted by molar-refractivity contribution is -0.894. The van der Waals surface area contributed by atoms with E-state index in [1.807, 2.05) is 0 Å². The molecular formula is C53H106BrNO8. The Hall–Kier alpha value is -0.400. The van der Waals surface area contributed by atoms with Crippen molar-refractivity contribution >= 4 is 0 Å². The third kappa shape index (κ3) is 55.8. The van der Waals surface area contributed by atoms with Gasteiger partial charge in [0.1, 0.15) is 19.2 Å². The van der Waals surface area contributed by atoms with Gasteiger partial charge < -0.3 is 59.7 Å². The lowest BCUT2D eigenvalue weighted by atomic mass is 10.1. The zero-order chi connectivity index (χ0) is 45.0. The van der Waals surface area contributed by atoms with Crippen LogP contribution in [0.1, 0.15) is 194 Å². The van der Waals surface area contributed by atoms with Gasteiger partial charge in [-0.3, -0.25) is 0 Å². The predicted molar refractivity (Wildman–Crippen MR) is 262 cm³/mol. The molecule has 0 amide bonds. The summed E-state index contributed by atoms with van der Waals surface area (Å²) in [6.45, 7) is 14.0. The molecule has 0 aromatic heterocycles. The first-order valence-electron chi connectivity index (χ1n) is 26.4. The highest BCUT2D eigenvalue weighted by Crippen LogP contribution is 2.13. The normalized spacial score (nSPS) is 12.6. The van der Waals surface area contributed by atoms with Gasteiger partial charge in [0, 0.05) is 13.2 Å². The summed E-state index contributed by atoms with van der Waals surface area (Å²) < 4.78 is 41.3. The van der Waals surface area contributed by atoms with Crippen molar-refractivity contribution in [3.63, 3.8) is 0 Å². The molecule has 0 bridgehead atoms. The Morgan fingerprint density at radius 2 is 0.714 bits per heavy atom. The largest absolute Gasteiger partial charge is 1.00 e. The topological polar surface area (TPSA) is 84.8 Å². The van der Waals surface area contributed by atoms with E-state index < -0.39 is 0 Å². The second-order valence-corrected chi connectivity index (χ2v) is 18.1. The van der Waals surface area contributed by atoms with Crippen LogP contribution >= 0.6 is 0 Å². The molecule has 0 saturated heterocycles. The second kappa shape index (κ2) is 55.9. The molecule has 0 aromatic rings. The van der Waals surface area contributed by atoms with Crippen molar-refractivity contribution in [1.82, 2.24) is 0 Å². The van der Waals surface area contributed by atoms with E-state index in [9.17, 15) is 0 Å². The van der Waals surface area contributed by atoms with Crippen LogP contribution in [0, 0.1) is 0 Å². The highest BCUT2D eigenvalue weighted by molar-refractivity contribution is 4.82. The van der Waals surface area contributed by atoms with E-state index in [0.29, 0.717) is 72.7 Å². The maximum absolute atomic E-state index is 8.70. The van der Waals surface area contributed by atoms with Gasteiger partial charge in [0.25, 0.3) is 0 Å². The summed E-state index contributed by atoms with van der Waals surface area (Å²) in [4.78, 5) is 0. The smallest absolute Gasteiger partial charge is 0.130 e. The van der Waals surface area contributed by atoms with E-state index in [0.717, 1.165) is 43.6 Å². The van der Waals surface area contributed by atoms with E-state index in [-0.39, 0.29) is 29.7 Å². The summed E-state index contributed by atoms with van der Waals surface area (Å²) in [6, 6.07) is 0. The Kier molecular flexibility index (Phi) is 57.4. The third-order valence-electron chi connectivity index (χ3n) is 11.4. The highest BCUT2D eigenvalue weighted by Gasteiger charge is 2.23. The molecule has 0 aliphatic heterocycles. The maximum atomic E-state index is 8.70. The van der Waals surface area contributed by atoms with Crippen molar-refractivity contribution < 1.29 is 59.7 Å². The number of rotatable bonds is 54. The molecule has 1 N–H and O–H groups in total. The zero-order valence-corrected chi connectivity index (χ0v) is 43.7. The number of quaternary nitrogens is 1. The van der Waals surface area contributed by atoms with Crippen LogP contribution in [0.15, 0.2) is 24.3 Å². The first-order valence-corrected chi connectivity index (χ1v) is 26.4. The number of allylic oxidation sites excluding steroid dienone is 4. The van der Waals surface area contributed by atoms with Crippen molar-refractivity contribution in [2.75, 3.05) is 120 Å². The van der Waals surface area contributed by atoms with Crippen LogP contribution in [0.5, 0.6) is 0 Å². The van der Waals surface area contributed by atoms with E-state index in [2.05, 4.69) is 52.2 Å². The molecule has 0 heterocycles. The summed E-state index contributed by atoms with van der Waals surface area (Å²) in [5.74, 6) is 0. The average molecular weight is 965 g/mol. The molecular weight excluding hydrogens is 858 g/mol. The Morgan fingerprint density at radius 1 is 0.381 bits per heavy atom. The highest BCUT2D eigenvalue weighted by atomic mass is 79.9. The minimum atomic E-state index is 0. The van der Waals surface area contributed by atoms with Crippen molar-refractivity contribution in [2.24, 2.45) is 0 Å². The Balaban J connectivity index is 0. The number of aliphatic hydroxyl groups excluding tert-OH is 1. The zero-order valence-electron chi connectivity index (χ0n) is 42.1. The van der Waals surface area contributed by atoms with Crippen LogP contribution < -0.4 is 17.0 Å². The SMILES string of the molecule is CCCCCCCC/C=C\CCCCCCCCOCC(C[N+](C)(C)CCOCCOCCOCCOCCOCCO)OCCCCCCCC/C=C\CCCCCCCC.[Br-]. The molecule has 0 aliphatic carbocycles. The molecule has 63 heavy (non-hydrogen) atoms. The number of nitrogens with zero attached hydrogens (tertiary/aromatic N) is 1. The fraction of sp³-hybridized carbons (Fsp3) is 0.925. The number of halogens is 1. The fourth-order valence-electron chi connectivity index (χ4n) is 7.42. The number of hydrogen-bond donors (Lipinski definition) is 1. The van der Waals surface area contributed by atoms with Crippen LogP contribution in [-0.4, -0.2) is 135 Å². The monoisotopic (exact) mass is 964 g/mol. The van der Waals surface area contributed by atoms with Gasteiger partial charge in [0.05, 0.1) is 93.4 Å². The Morgan fingerprint density at radius 3 is 1.11 bits per heavy atom. The molecule has 0 rings (SSSR count). The lowest BCUT2D eigenvalue weighted by Gasteiger charge is -2.33.